The molecule has 0 spiro atoms. The summed E-state index contributed by atoms with van der Waals surface area (Å²) in [7, 11) is -3.95. The molecule has 0 aromatic heterocycles. The Labute approximate surface area is 152 Å². The molecule has 2 aliphatic rings. The van der Waals surface area contributed by atoms with Crippen molar-refractivity contribution in [2.24, 2.45) is 11.8 Å². The average Bonchev–Trinajstić information content (AvgIpc) is 3.39. The predicted molar refractivity (Wildman–Crippen MR) is 92.8 cm³/mol. The molecule has 1 amide bonds. The normalized spacial score (nSPS) is 21.7. The Hall–Kier alpha value is -1.54. The molecule has 1 unspecified atom stereocenters. The summed E-state index contributed by atoms with van der Waals surface area (Å²) < 4.78 is 53.2. The maximum Gasteiger partial charge on any atom is 0.240 e. The zero-order chi connectivity index (χ0) is 18.7. The summed E-state index contributed by atoms with van der Waals surface area (Å²) in [6.07, 6.45) is 5.11. The summed E-state index contributed by atoms with van der Waals surface area (Å²) in [5.41, 5.74) is 0. The molecule has 1 aliphatic carbocycles. The molecule has 2 fully saturated rings. The SMILES string of the molecule is O=C1CCC(CCNS(=O)(=O)c2cc(F)cc(F)c2)CCN1CC1CC1. The lowest BCUT2D eigenvalue weighted by Crippen LogP contribution is -2.32. The van der Waals surface area contributed by atoms with Crippen molar-refractivity contribution in [1.29, 1.82) is 0 Å². The Morgan fingerprint density at radius 1 is 1.04 bits per heavy atom. The molecule has 1 aromatic carbocycles. The number of benzene rings is 1. The van der Waals surface area contributed by atoms with Crippen LogP contribution in [0, 0.1) is 23.5 Å². The molecular weight excluding hydrogens is 362 g/mol. The van der Waals surface area contributed by atoms with Crippen molar-refractivity contribution in [2.45, 2.75) is 43.4 Å². The minimum Gasteiger partial charge on any atom is -0.342 e. The molecule has 1 saturated heterocycles. The van der Waals surface area contributed by atoms with Crippen molar-refractivity contribution in [3.05, 3.63) is 29.8 Å². The Balaban J connectivity index is 1.50. The van der Waals surface area contributed by atoms with Gasteiger partial charge in [-0.1, -0.05) is 0 Å². The number of carbonyl (C=O) groups is 1. The minimum absolute atomic E-state index is 0.182. The molecule has 5 nitrogen and oxygen atoms in total. The van der Waals surface area contributed by atoms with Gasteiger partial charge in [-0.3, -0.25) is 4.79 Å². The molecule has 26 heavy (non-hydrogen) atoms. The third-order valence-electron chi connectivity index (χ3n) is 5.09. The van der Waals surface area contributed by atoms with Crippen LogP contribution in [-0.2, 0) is 14.8 Å². The summed E-state index contributed by atoms with van der Waals surface area (Å²) in [6.45, 7) is 1.76. The number of sulfonamides is 1. The van der Waals surface area contributed by atoms with Crippen molar-refractivity contribution >= 4 is 15.9 Å². The molecule has 144 valence electrons. The molecule has 0 bridgehead atoms. The van der Waals surface area contributed by atoms with E-state index >= 15 is 0 Å². The number of hydrogen-bond donors (Lipinski definition) is 1. The topological polar surface area (TPSA) is 66.5 Å². The highest BCUT2D eigenvalue weighted by Crippen LogP contribution is 2.31. The first kappa shape index (κ1) is 19.2. The second-order valence-corrected chi connectivity index (χ2v) is 9.04. The Kier molecular flexibility index (Phi) is 5.92. The highest BCUT2D eigenvalue weighted by atomic mass is 32.2. The van der Waals surface area contributed by atoms with Crippen LogP contribution in [0.3, 0.4) is 0 Å². The van der Waals surface area contributed by atoms with E-state index in [1.807, 2.05) is 4.90 Å². The van der Waals surface area contributed by atoms with Crippen molar-refractivity contribution in [3.63, 3.8) is 0 Å². The number of hydrogen-bond acceptors (Lipinski definition) is 3. The smallest absolute Gasteiger partial charge is 0.240 e. The molecule has 1 heterocycles. The average molecular weight is 386 g/mol. The molecule has 1 aliphatic heterocycles. The van der Waals surface area contributed by atoms with Gasteiger partial charge in [-0.25, -0.2) is 21.9 Å². The standard InChI is InChI=1S/C18H24F2N2O3S/c19-15-9-16(20)11-17(10-15)26(24,25)21-7-5-13-3-4-18(23)22(8-6-13)12-14-1-2-14/h9-11,13-14,21H,1-8,12H2. The summed E-state index contributed by atoms with van der Waals surface area (Å²) in [5, 5.41) is 0. The van der Waals surface area contributed by atoms with Gasteiger partial charge in [0.05, 0.1) is 4.90 Å². The molecular formula is C18H24F2N2O3S. The van der Waals surface area contributed by atoms with Gasteiger partial charge in [-0.15, -0.1) is 0 Å². The first-order valence-electron chi connectivity index (χ1n) is 9.07. The summed E-state index contributed by atoms with van der Waals surface area (Å²) in [6, 6.07) is 2.23. The first-order chi connectivity index (χ1) is 12.3. The molecule has 3 rings (SSSR count). The lowest BCUT2D eigenvalue weighted by atomic mass is 9.97. The van der Waals surface area contributed by atoms with Crippen LogP contribution in [0.25, 0.3) is 0 Å². The van der Waals surface area contributed by atoms with Crippen LogP contribution in [-0.4, -0.2) is 38.9 Å². The number of nitrogens with one attached hydrogen (secondary N) is 1. The predicted octanol–water partition coefficient (Wildman–Crippen LogP) is 2.67. The molecule has 8 heteroatoms. The highest BCUT2D eigenvalue weighted by molar-refractivity contribution is 7.89. The number of nitrogens with zero attached hydrogens (tertiary/aromatic N) is 1. The van der Waals surface area contributed by atoms with Gasteiger partial charge in [-0.2, -0.15) is 0 Å². The van der Waals surface area contributed by atoms with Crippen LogP contribution in [0.5, 0.6) is 0 Å². The first-order valence-corrected chi connectivity index (χ1v) is 10.6. The number of halogens is 2. The third-order valence-corrected chi connectivity index (χ3v) is 6.53. The summed E-state index contributed by atoms with van der Waals surface area (Å²) in [5.74, 6) is -0.744. The Bertz CT molecular complexity index is 745. The zero-order valence-corrected chi connectivity index (χ0v) is 15.4. The van der Waals surface area contributed by atoms with E-state index in [4.69, 9.17) is 0 Å². The molecule has 1 aromatic rings. The minimum atomic E-state index is -3.95. The van der Waals surface area contributed by atoms with Gasteiger partial charge in [0, 0.05) is 32.1 Å². The van der Waals surface area contributed by atoms with Crippen LogP contribution in [0.4, 0.5) is 8.78 Å². The van der Waals surface area contributed by atoms with Crippen LogP contribution in [0.1, 0.15) is 38.5 Å². The van der Waals surface area contributed by atoms with E-state index in [2.05, 4.69) is 4.72 Å². The fraction of sp³-hybridized carbons (Fsp3) is 0.611. The van der Waals surface area contributed by atoms with Gasteiger partial charge in [-0.05, 0) is 56.1 Å². The summed E-state index contributed by atoms with van der Waals surface area (Å²) >= 11 is 0. The van der Waals surface area contributed by atoms with Gasteiger partial charge < -0.3 is 4.90 Å². The molecule has 1 N–H and O–H groups in total. The van der Waals surface area contributed by atoms with Crippen molar-refractivity contribution in [1.82, 2.24) is 9.62 Å². The van der Waals surface area contributed by atoms with E-state index in [1.54, 1.807) is 0 Å². The highest BCUT2D eigenvalue weighted by Gasteiger charge is 2.29. The maximum absolute atomic E-state index is 13.2. The number of amides is 1. The van der Waals surface area contributed by atoms with E-state index in [9.17, 15) is 22.0 Å². The number of likely N-dealkylation sites (tertiary alicyclic amines) is 1. The quantitative estimate of drug-likeness (QED) is 0.784. The second-order valence-electron chi connectivity index (χ2n) is 7.27. The fourth-order valence-electron chi connectivity index (χ4n) is 3.35. The Morgan fingerprint density at radius 3 is 2.38 bits per heavy atom. The van der Waals surface area contributed by atoms with E-state index in [-0.39, 0.29) is 18.4 Å². The monoisotopic (exact) mass is 386 g/mol. The van der Waals surface area contributed by atoms with E-state index in [0.29, 0.717) is 24.8 Å². The number of carbonyl (C=O) groups excluding carboxylic acids is 1. The van der Waals surface area contributed by atoms with Gasteiger partial charge in [0.2, 0.25) is 15.9 Å². The van der Waals surface area contributed by atoms with Crippen molar-refractivity contribution in [2.75, 3.05) is 19.6 Å². The fourth-order valence-corrected chi connectivity index (χ4v) is 4.44. The van der Waals surface area contributed by atoms with Crippen molar-refractivity contribution < 1.29 is 22.0 Å². The van der Waals surface area contributed by atoms with E-state index < -0.39 is 26.6 Å². The maximum atomic E-state index is 13.2. The van der Waals surface area contributed by atoms with E-state index in [0.717, 1.165) is 38.1 Å². The third kappa shape index (κ3) is 5.23. The lowest BCUT2D eigenvalue weighted by molar-refractivity contribution is -0.130. The second kappa shape index (κ2) is 8.00. The lowest BCUT2D eigenvalue weighted by Gasteiger charge is -2.20. The van der Waals surface area contributed by atoms with Crippen LogP contribution in [0.2, 0.25) is 0 Å². The summed E-state index contributed by atoms with van der Waals surface area (Å²) in [4.78, 5) is 13.7. The zero-order valence-electron chi connectivity index (χ0n) is 14.6. The largest absolute Gasteiger partial charge is 0.342 e. The van der Waals surface area contributed by atoms with Gasteiger partial charge in [0.25, 0.3) is 0 Å². The van der Waals surface area contributed by atoms with Crippen LogP contribution < -0.4 is 4.72 Å². The van der Waals surface area contributed by atoms with Gasteiger partial charge >= 0.3 is 0 Å². The Morgan fingerprint density at radius 2 is 1.73 bits per heavy atom. The van der Waals surface area contributed by atoms with Crippen LogP contribution in [0.15, 0.2) is 23.1 Å². The van der Waals surface area contributed by atoms with Crippen molar-refractivity contribution in [3.8, 4) is 0 Å². The molecule has 1 atom stereocenters. The number of rotatable bonds is 7. The molecule has 0 radical (unpaired) electrons. The van der Waals surface area contributed by atoms with Gasteiger partial charge in [0.1, 0.15) is 11.6 Å². The van der Waals surface area contributed by atoms with Crippen LogP contribution >= 0.6 is 0 Å². The van der Waals surface area contributed by atoms with E-state index in [1.165, 1.54) is 12.8 Å². The molecule has 1 saturated carbocycles. The van der Waals surface area contributed by atoms with Gasteiger partial charge in [0.15, 0.2) is 0 Å².